The number of hydrogen-bond donors (Lipinski definition) is 2. The fourth-order valence-corrected chi connectivity index (χ4v) is 2.46. The van der Waals surface area contributed by atoms with Crippen LogP contribution in [0.15, 0.2) is 36.4 Å². The third-order valence-corrected chi connectivity index (χ3v) is 3.57. The van der Waals surface area contributed by atoms with Crippen molar-refractivity contribution in [1.82, 2.24) is 0 Å². The maximum atomic E-state index is 12.2. The quantitative estimate of drug-likeness (QED) is 0.833. The van der Waals surface area contributed by atoms with Crippen molar-refractivity contribution >= 4 is 29.1 Å². The fourth-order valence-electron chi connectivity index (χ4n) is 2.33. The summed E-state index contributed by atoms with van der Waals surface area (Å²) in [7, 11) is 0. The molecule has 3 N–H and O–H groups in total. The van der Waals surface area contributed by atoms with Crippen LogP contribution in [0.5, 0.6) is 0 Å². The highest BCUT2D eigenvalue weighted by atomic mass is 35.5. The van der Waals surface area contributed by atoms with Gasteiger partial charge in [-0.25, -0.2) is 0 Å². The van der Waals surface area contributed by atoms with Crippen LogP contribution >= 0.6 is 11.6 Å². The van der Waals surface area contributed by atoms with Gasteiger partial charge in [-0.2, -0.15) is 0 Å². The first-order valence-corrected chi connectivity index (χ1v) is 6.37. The largest absolute Gasteiger partial charge is 0.369 e. The smallest absolute Gasteiger partial charge is 0.228 e. The highest BCUT2D eigenvalue weighted by Gasteiger charge is 2.38. The molecule has 1 saturated carbocycles. The molecule has 0 saturated heterocycles. The van der Waals surface area contributed by atoms with Crippen molar-refractivity contribution in [2.75, 3.05) is 5.32 Å². The standard InChI is InChI=1S/C14H15ClN2O2/c1-8-6-11(13(16)18)12(7-8)14(19)17-10-4-2-9(15)3-5-10/h2-5,11-12H,1,6-7H2,(H2,16,18)(H,17,19)/t11-,12-/m0/s1. The van der Waals surface area contributed by atoms with Gasteiger partial charge >= 0.3 is 0 Å². The van der Waals surface area contributed by atoms with Gasteiger partial charge in [-0.3, -0.25) is 9.59 Å². The van der Waals surface area contributed by atoms with E-state index in [9.17, 15) is 9.59 Å². The Morgan fingerprint density at radius 3 is 2.37 bits per heavy atom. The van der Waals surface area contributed by atoms with Gasteiger partial charge in [-0.05, 0) is 37.1 Å². The molecule has 4 nitrogen and oxygen atoms in total. The summed E-state index contributed by atoms with van der Waals surface area (Å²) in [4.78, 5) is 23.5. The summed E-state index contributed by atoms with van der Waals surface area (Å²) in [6.45, 7) is 3.83. The Hall–Kier alpha value is -1.81. The van der Waals surface area contributed by atoms with Gasteiger partial charge in [0.25, 0.3) is 0 Å². The van der Waals surface area contributed by atoms with Crippen LogP contribution in [-0.4, -0.2) is 11.8 Å². The average Bonchev–Trinajstić information content (AvgIpc) is 2.74. The van der Waals surface area contributed by atoms with E-state index in [1.165, 1.54) is 0 Å². The molecule has 0 bridgehead atoms. The summed E-state index contributed by atoms with van der Waals surface area (Å²) < 4.78 is 0. The molecule has 2 atom stereocenters. The molecule has 100 valence electrons. The molecule has 0 unspecified atom stereocenters. The van der Waals surface area contributed by atoms with Crippen LogP contribution in [-0.2, 0) is 9.59 Å². The topological polar surface area (TPSA) is 72.2 Å². The number of halogens is 1. The molecule has 5 heteroatoms. The highest BCUT2D eigenvalue weighted by molar-refractivity contribution is 6.30. The van der Waals surface area contributed by atoms with Gasteiger partial charge in [0.2, 0.25) is 11.8 Å². The molecule has 1 aromatic carbocycles. The van der Waals surface area contributed by atoms with Crippen LogP contribution in [0.2, 0.25) is 5.02 Å². The Kier molecular flexibility index (Phi) is 3.90. The highest BCUT2D eigenvalue weighted by Crippen LogP contribution is 2.35. The summed E-state index contributed by atoms with van der Waals surface area (Å²) in [6, 6.07) is 6.80. The number of nitrogens with two attached hydrogens (primary N) is 1. The van der Waals surface area contributed by atoms with Crippen molar-refractivity contribution in [1.29, 1.82) is 0 Å². The van der Waals surface area contributed by atoms with Gasteiger partial charge in [0.1, 0.15) is 0 Å². The summed E-state index contributed by atoms with van der Waals surface area (Å²) >= 11 is 5.77. The average molecular weight is 279 g/mol. The number of allylic oxidation sites excluding steroid dienone is 1. The van der Waals surface area contributed by atoms with Gasteiger partial charge in [0.05, 0.1) is 11.8 Å². The predicted octanol–water partition coefficient (Wildman–Crippen LogP) is 2.35. The summed E-state index contributed by atoms with van der Waals surface area (Å²) in [5, 5.41) is 3.37. The first-order chi connectivity index (χ1) is 8.97. The van der Waals surface area contributed by atoms with Gasteiger partial charge < -0.3 is 11.1 Å². The molecule has 1 aliphatic rings. The maximum Gasteiger partial charge on any atom is 0.228 e. The van der Waals surface area contributed by atoms with E-state index in [1.54, 1.807) is 24.3 Å². The molecule has 1 aliphatic carbocycles. The molecule has 0 radical (unpaired) electrons. The zero-order chi connectivity index (χ0) is 14.0. The van der Waals surface area contributed by atoms with Gasteiger partial charge in [0.15, 0.2) is 0 Å². The molecule has 2 amide bonds. The number of amides is 2. The zero-order valence-corrected chi connectivity index (χ0v) is 11.1. The summed E-state index contributed by atoms with van der Waals surface area (Å²) in [5.41, 5.74) is 6.86. The van der Waals surface area contributed by atoms with E-state index in [0.29, 0.717) is 23.6 Å². The van der Waals surface area contributed by atoms with E-state index in [-0.39, 0.29) is 5.91 Å². The predicted molar refractivity (Wildman–Crippen MR) is 74.6 cm³/mol. The first-order valence-electron chi connectivity index (χ1n) is 6.00. The molecule has 1 fully saturated rings. The lowest BCUT2D eigenvalue weighted by Gasteiger charge is -2.15. The van der Waals surface area contributed by atoms with E-state index >= 15 is 0 Å². The van der Waals surface area contributed by atoms with Gasteiger partial charge in [-0.1, -0.05) is 23.8 Å². The van der Waals surface area contributed by atoms with Crippen LogP contribution < -0.4 is 11.1 Å². The Bertz CT molecular complexity index is 525. The lowest BCUT2D eigenvalue weighted by molar-refractivity contribution is -0.129. The number of nitrogens with one attached hydrogen (secondary N) is 1. The minimum Gasteiger partial charge on any atom is -0.369 e. The van der Waals surface area contributed by atoms with E-state index in [2.05, 4.69) is 11.9 Å². The lowest BCUT2D eigenvalue weighted by Crippen LogP contribution is -2.33. The lowest BCUT2D eigenvalue weighted by atomic mass is 9.94. The Morgan fingerprint density at radius 1 is 1.21 bits per heavy atom. The molecule has 2 rings (SSSR count). The van der Waals surface area contributed by atoms with Crippen molar-refractivity contribution in [3.05, 3.63) is 41.4 Å². The Labute approximate surface area is 116 Å². The molecule has 19 heavy (non-hydrogen) atoms. The number of benzene rings is 1. The van der Waals surface area contributed by atoms with Crippen molar-refractivity contribution in [2.24, 2.45) is 17.6 Å². The molecule has 1 aromatic rings. The number of carbonyl (C=O) groups is 2. The van der Waals surface area contributed by atoms with E-state index < -0.39 is 17.7 Å². The number of primary amides is 1. The third-order valence-electron chi connectivity index (χ3n) is 3.32. The van der Waals surface area contributed by atoms with E-state index in [0.717, 1.165) is 5.57 Å². The van der Waals surface area contributed by atoms with Gasteiger partial charge in [0, 0.05) is 10.7 Å². The van der Waals surface area contributed by atoms with Crippen molar-refractivity contribution in [3.63, 3.8) is 0 Å². The number of rotatable bonds is 3. The van der Waals surface area contributed by atoms with E-state index in [1.807, 2.05) is 0 Å². The van der Waals surface area contributed by atoms with Crippen molar-refractivity contribution < 1.29 is 9.59 Å². The first kappa shape index (κ1) is 13.6. The second-order valence-corrected chi connectivity index (χ2v) is 5.21. The molecule has 0 spiro atoms. The number of hydrogen-bond acceptors (Lipinski definition) is 2. The number of carbonyl (C=O) groups excluding carboxylic acids is 2. The Morgan fingerprint density at radius 2 is 1.79 bits per heavy atom. The monoisotopic (exact) mass is 278 g/mol. The normalized spacial score (nSPS) is 22.3. The maximum absolute atomic E-state index is 12.2. The molecular weight excluding hydrogens is 264 g/mol. The minimum absolute atomic E-state index is 0.204. The van der Waals surface area contributed by atoms with E-state index in [4.69, 9.17) is 17.3 Å². The molecule has 0 heterocycles. The van der Waals surface area contributed by atoms with Crippen LogP contribution in [0.3, 0.4) is 0 Å². The van der Waals surface area contributed by atoms with Crippen LogP contribution in [0, 0.1) is 11.8 Å². The molecule has 0 aliphatic heterocycles. The second-order valence-electron chi connectivity index (χ2n) is 4.77. The fraction of sp³-hybridized carbons (Fsp3) is 0.286. The van der Waals surface area contributed by atoms with Crippen molar-refractivity contribution in [2.45, 2.75) is 12.8 Å². The van der Waals surface area contributed by atoms with Gasteiger partial charge in [-0.15, -0.1) is 0 Å². The third kappa shape index (κ3) is 3.15. The SMILES string of the molecule is C=C1C[C@H](C(N)=O)[C@@H](C(=O)Nc2ccc(Cl)cc2)C1. The Balaban J connectivity index is 2.08. The second kappa shape index (κ2) is 5.45. The summed E-state index contributed by atoms with van der Waals surface area (Å²) in [6.07, 6.45) is 1.00. The zero-order valence-electron chi connectivity index (χ0n) is 10.4. The molecular formula is C14H15ClN2O2. The van der Waals surface area contributed by atoms with Crippen LogP contribution in [0.4, 0.5) is 5.69 Å². The summed E-state index contributed by atoms with van der Waals surface area (Å²) in [5.74, 6) is -1.54. The van der Waals surface area contributed by atoms with Crippen molar-refractivity contribution in [3.8, 4) is 0 Å². The number of anilines is 1. The minimum atomic E-state index is -0.459. The van der Waals surface area contributed by atoms with Crippen LogP contribution in [0.25, 0.3) is 0 Å². The molecule has 0 aromatic heterocycles. The van der Waals surface area contributed by atoms with Crippen LogP contribution in [0.1, 0.15) is 12.8 Å².